The van der Waals surface area contributed by atoms with Crippen LogP contribution in [0.15, 0.2) is 24.3 Å². The van der Waals surface area contributed by atoms with Crippen LogP contribution < -0.4 is 11.1 Å². The third-order valence-corrected chi connectivity index (χ3v) is 3.91. The van der Waals surface area contributed by atoms with E-state index in [9.17, 15) is 9.18 Å². The van der Waals surface area contributed by atoms with Gasteiger partial charge < -0.3 is 11.1 Å². The molecule has 1 atom stereocenters. The minimum absolute atomic E-state index is 0.292. The van der Waals surface area contributed by atoms with E-state index < -0.39 is 5.54 Å². The highest BCUT2D eigenvalue weighted by Crippen LogP contribution is 2.31. The van der Waals surface area contributed by atoms with Crippen molar-refractivity contribution in [2.75, 3.05) is 16.8 Å². The number of anilines is 1. The second kappa shape index (κ2) is 4.33. The smallest absolute Gasteiger partial charge is 0.243 e. The minimum atomic E-state index is -0.678. The summed E-state index contributed by atoms with van der Waals surface area (Å²) in [6.45, 7) is 0. The molecule has 16 heavy (non-hydrogen) atoms. The van der Waals surface area contributed by atoms with E-state index in [0.29, 0.717) is 12.2 Å². The summed E-state index contributed by atoms with van der Waals surface area (Å²) in [5.74, 6) is 0.943. The molecule has 1 amide bonds. The van der Waals surface area contributed by atoms with Gasteiger partial charge in [-0.05, 0) is 36.4 Å². The van der Waals surface area contributed by atoms with E-state index in [0.717, 1.165) is 11.4 Å². The molecule has 1 heterocycles. The Morgan fingerprint density at radius 1 is 1.44 bits per heavy atom. The molecule has 0 aliphatic carbocycles. The van der Waals surface area contributed by atoms with Gasteiger partial charge >= 0.3 is 0 Å². The Kier molecular flexibility index (Phi) is 3.05. The zero-order valence-corrected chi connectivity index (χ0v) is 9.52. The van der Waals surface area contributed by atoms with Crippen molar-refractivity contribution in [3.63, 3.8) is 0 Å². The van der Waals surface area contributed by atoms with E-state index in [4.69, 9.17) is 5.73 Å². The Morgan fingerprint density at radius 3 is 2.62 bits per heavy atom. The Balaban J connectivity index is 2.18. The van der Waals surface area contributed by atoms with Crippen molar-refractivity contribution in [2.45, 2.75) is 12.0 Å². The number of nitrogens with one attached hydrogen (secondary N) is 1. The fourth-order valence-electron chi connectivity index (χ4n) is 1.73. The number of carbonyl (C=O) groups excluding carboxylic acids is 1. The average molecular weight is 240 g/mol. The normalized spacial score (nSPS) is 24.3. The Morgan fingerprint density at radius 2 is 2.12 bits per heavy atom. The standard InChI is InChI=1S/C11H13FN2OS/c12-8-1-3-9(4-2-8)14-11(10(13)15)5-6-16-7-11/h1-4,14H,5-7H2,(H2,13,15). The number of amides is 1. The minimum Gasteiger partial charge on any atom is -0.371 e. The molecule has 3 N–H and O–H groups in total. The van der Waals surface area contributed by atoms with Crippen molar-refractivity contribution in [1.82, 2.24) is 0 Å². The van der Waals surface area contributed by atoms with Gasteiger partial charge in [-0.3, -0.25) is 4.79 Å². The van der Waals surface area contributed by atoms with Gasteiger partial charge in [0.05, 0.1) is 0 Å². The van der Waals surface area contributed by atoms with Gasteiger partial charge in [0.15, 0.2) is 0 Å². The molecule has 0 saturated carbocycles. The molecule has 0 bridgehead atoms. The molecule has 86 valence electrons. The lowest BCUT2D eigenvalue weighted by molar-refractivity contribution is -0.121. The van der Waals surface area contributed by atoms with Gasteiger partial charge in [0.1, 0.15) is 11.4 Å². The summed E-state index contributed by atoms with van der Waals surface area (Å²) >= 11 is 1.69. The first-order valence-electron chi connectivity index (χ1n) is 5.04. The molecule has 1 saturated heterocycles. The van der Waals surface area contributed by atoms with E-state index in [2.05, 4.69) is 5.32 Å². The number of benzene rings is 1. The zero-order valence-electron chi connectivity index (χ0n) is 8.70. The molecule has 2 rings (SSSR count). The summed E-state index contributed by atoms with van der Waals surface area (Å²) in [5.41, 5.74) is 5.47. The summed E-state index contributed by atoms with van der Waals surface area (Å²) in [6.07, 6.45) is 0.713. The highest BCUT2D eigenvalue weighted by Gasteiger charge is 2.40. The lowest BCUT2D eigenvalue weighted by atomic mass is 9.97. The summed E-state index contributed by atoms with van der Waals surface area (Å²) in [4.78, 5) is 11.5. The van der Waals surface area contributed by atoms with Crippen molar-refractivity contribution in [3.05, 3.63) is 30.1 Å². The third-order valence-electron chi connectivity index (χ3n) is 2.72. The molecule has 1 aromatic rings. The Labute approximate surface area is 97.6 Å². The van der Waals surface area contributed by atoms with Crippen molar-refractivity contribution in [1.29, 1.82) is 0 Å². The molecular weight excluding hydrogens is 227 g/mol. The monoisotopic (exact) mass is 240 g/mol. The summed E-state index contributed by atoms with van der Waals surface area (Å²) in [6, 6.07) is 5.95. The molecular formula is C11H13FN2OS. The van der Waals surface area contributed by atoms with Gasteiger partial charge in [0.25, 0.3) is 0 Å². The first kappa shape index (κ1) is 11.3. The third kappa shape index (κ3) is 2.14. The Hall–Kier alpha value is -1.23. The van der Waals surface area contributed by atoms with Crippen LogP contribution in [0.4, 0.5) is 10.1 Å². The van der Waals surface area contributed by atoms with Crippen LogP contribution in [0.2, 0.25) is 0 Å². The topological polar surface area (TPSA) is 55.1 Å². The van der Waals surface area contributed by atoms with Crippen LogP contribution in [0.3, 0.4) is 0 Å². The average Bonchev–Trinajstić information content (AvgIpc) is 2.71. The van der Waals surface area contributed by atoms with E-state index in [1.807, 2.05) is 0 Å². The maximum Gasteiger partial charge on any atom is 0.243 e. The number of primary amides is 1. The van der Waals surface area contributed by atoms with Gasteiger partial charge in [-0.25, -0.2) is 4.39 Å². The van der Waals surface area contributed by atoms with Crippen molar-refractivity contribution in [3.8, 4) is 0 Å². The fraction of sp³-hybridized carbons (Fsp3) is 0.364. The molecule has 5 heteroatoms. The largest absolute Gasteiger partial charge is 0.371 e. The number of hydrogen-bond donors (Lipinski definition) is 2. The molecule has 0 spiro atoms. The van der Waals surface area contributed by atoms with Gasteiger partial charge in [-0.15, -0.1) is 0 Å². The summed E-state index contributed by atoms with van der Waals surface area (Å²) in [5, 5.41) is 3.12. The van der Waals surface area contributed by atoms with Gasteiger partial charge in [-0.1, -0.05) is 0 Å². The second-order valence-corrected chi connectivity index (χ2v) is 4.99. The van der Waals surface area contributed by atoms with Crippen molar-refractivity contribution >= 4 is 23.4 Å². The van der Waals surface area contributed by atoms with Gasteiger partial charge in [0.2, 0.25) is 5.91 Å². The van der Waals surface area contributed by atoms with Crippen LogP contribution in [-0.2, 0) is 4.79 Å². The molecule has 0 radical (unpaired) electrons. The zero-order chi connectivity index (χ0) is 11.6. The van der Waals surface area contributed by atoms with Gasteiger partial charge in [-0.2, -0.15) is 11.8 Å². The summed E-state index contributed by atoms with van der Waals surface area (Å²) < 4.78 is 12.7. The van der Waals surface area contributed by atoms with E-state index in [1.54, 1.807) is 23.9 Å². The number of carbonyl (C=O) groups is 1. The number of hydrogen-bond acceptors (Lipinski definition) is 3. The van der Waals surface area contributed by atoms with Crippen LogP contribution in [0.5, 0.6) is 0 Å². The van der Waals surface area contributed by atoms with Crippen molar-refractivity contribution in [2.24, 2.45) is 5.73 Å². The van der Waals surface area contributed by atoms with Gasteiger partial charge in [0, 0.05) is 11.4 Å². The van der Waals surface area contributed by atoms with E-state index >= 15 is 0 Å². The maximum absolute atomic E-state index is 12.7. The first-order chi connectivity index (χ1) is 7.62. The SMILES string of the molecule is NC(=O)C1(Nc2ccc(F)cc2)CCSC1. The highest BCUT2D eigenvalue weighted by atomic mass is 32.2. The van der Waals surface area contributed by atoms with Crippen LogP contribution in [0.25, 0.3) is 0 Å². The molecule has 1 aliphatic rings. The highest BCUT2D eigenvalue weighted by molar-refractivity contribution is 7.99. The molecule has 1 aromatic carbocycles. The first-order valence-corrected chi connectivity index (χ1v) is 6.19. The molecule has 1 fully saturated rings. The van der Waals surface area contributed by atoms with Crippen LogP contribution >= 0.6 is 11.8 Å². The predicted molar refractivity (Wildman–Crippen MR) is 63.9 cm³/mol. The van der Waals surface area contributed by atoms with E-state index in [1.165, 1.54) is 12.1 Å². The summed E-state index contributed by atoms with van der Waals surface area (Å²) in [7, 11) is 0. The van der Waals surface area contributed by atoms with E-state index in [-0.39, 0.29) is 11.7 Å². The van der Waals surface area contributed by atoms with Crippen LogP contribution in [-0.4, -0.2) is 23.0 Å². The van der Waals surface area contributed by atoms with Crippen LogP contribution in [0, 0.1) is 5.82 Å². The maximum atomic E-state index is 12.7. The number of rotatable bonds is 3. The van der Waals surface area contributed by atoms with Crippen LogP contribution in [0.1, 0.15) is 6.42 Å². The fourth-order valence-corrected chi connectivity index (χ4v) is 3.07. The predicted octanol–water partition coefficient (Wildman–Crippen LogP) is 1.60. The Bertz CT molecular complexity index is 387. The lowest BCUT2D eigenvalue weighted by Gasteiger charge is -2.27. The molecule has 3 nitrogen and oxygen atoms in total. The number of halogens is 1. The second-order valence-electron chi connectivity index (χ2n) is 3.88. The lowest BCUT2D eigenvalue weighted by Crippen LogP contribution is -2.50. The quantitative estimate of drug-likeness (QED) is 0.843. The number of nitrogens with two attached hydrogens (primary N) is 1. The molecule has 1 unspecified atom stereocenters. The molecule has 0 aromatic heterocycles. The number of thioether (sulfide) groups is 1. The van der Waals surface area contributed by atoms with Crippen molar-refractivity contribution < 1.29 is 9.18 Å². The molecule has 1 aliphatic heterocycles.